The highest BCUT2D eigenvalue weighted by Gasteiger charge is 2.29. The van der Waals surface area contributed by atoms with E-state index in [1.807, 2.05) is 4.90 Å². The molecule has 0 radical (unpaired) electrons. The summed E-state index contributed by atoms with van der Waals surface area (Å²) in [6, 6.07) is 0.226. The highest BCUT2D eigenvalue weighted by atomic mass is 35.5. The Morgan fingerprint density at radius 2 is 2.00 bits per heavy atom. The first kappa shape index (κ1) is 14.8. The van der Waals surface area contributed by atoms with Crippen LogP contribution in [0.15, 0.2) is 0 Å². The number of likely N-dealkylation sites (tertiary alicyclic amines) is 1. The van der Waals surface area contributed by atoms with E-state index >= 15 is 0 Å². The van der Waals surface area contributed by atoms with Crippen molar-refractivity contribution in [3.63, 3.8) is 0 Å². The zero-order valence-electron chi connectivity index (χ0n) is 10.7. The number of rotatable bonds is 3. The molecule has 0 spiro atoms. The van der Waals surface area contributed by atoms with Gasteiger partial charge in [0, 0.05) is 25.6 Å². The molecule has 17 heavy (non-hydrogen) atoms. The Bertz CT molecular complexity index is 252. The van der Waals surface area contributed by atoms with Gasteiger partial charge < -0.3 is 10.6 Å². The average molecular weight is 261 g/mol. The molecule has 2 fully saturated rings. The van der Waals surface area contributed by atoms with Gasteiger partial charge in [0.05, 0.1) is 0 Å². The van der Waals surface area contributed by atoms with Crippen LogP contribution >= 0.6 is 12.4 Å². The SMILES string of the molecule is CC(N)C1CCN(C(=O)CC2CCCC2)C1.Cl. The van der Waals surface area contributed by atoms with Crippen molar-refractivity contribution in [2.45, 2.75) is 51.5 Å². The Kier molecular flexibility index (Phi) is 5.74. The van der Waals surface area contributed by atoms with Gasteiger partial charge >= 0.3 is 0 Å². The van der Waals surface area contributed by atoms with Gasteiger partial charge in [0.1, 0.15) is 0 Å². The van der Waals surface area contributed by atoms with Gasteiger partial charge in [-0.2, -0.15) is 0 Å². The summed E-state index contributed by atoms with van der Waals surface area (Å²) in [7, 11) is 0. The van der Waals surface area contributed by atoms with E-state index in [2.05, 4.69) is 6.92 Å². The zero-order chi connectivity index (χ0) is 11.5. The summed E-state index contributed by atoms with van der Waals surface area (Å²) >= 11 is 0. The number of nitrogens with zero attached hydrogens (tertiary/aromatic N) is 1. The molecule has 2 rings (SSSR count). The molecule has 2 aliphatic rings. The molecule has 1 amide bonds. The summed E-state index contributed by atoms with van der Waals surface area (Å²) in [4.78, 5) is 14.1. The number of amides is 1. The minimum absolute atomic E-state index is 0. The van der Waals surface area contributed by atoms with Crippen LogP contribution in [-0.4, -0.2) is 29.9 Å². The third kappa shape index (κ3) is 3.85. The highest BCUT2D eigenvalue weighted by Crippen LogP contribution is 2.29. The lowest BCUT2D eigenvalue weighted by molar-refractivity contribution is -0.131. The first-order valence-corrected chi connectivity index (χ1v) is 6.70. The molecule has 1 heterocycles. The summed E-state index contributed by atoms with van der Waals surface area (Å²) in [6.45, 7) is 3.87. The van der Waals surface area contributed by atoms with Crippen molar-refractivity contribution < 1.29 is 4.79 Å². The molecule has 1 saturated carbocycles. The highest BCUT2D eigenvalue weighted by molar-refractivity contribution is 5.85. The smallest absolute Gasteiger partial charge is 0.222 e. The van der Waals surface area contributed by atoms with Crippen LogP contribution in [-0.2, 0) is 4.79 Å². The normalized spacial score (nSPS) is 26.9. The van der Waals surface area contributed by atoms with Crippen molar-refractivity contribution in [1.82, 2.24) is 4.90 Å². The standard InChI is InChI=1S/C13H24N2O.ClH/c1-10(14)12-6-7-15(9-12)13(16)8-11-4-2-3-5-11;/h10-12H,2-9,14H2,1H3;1H. The number of hydrogen-bond donors (Lipinski definition) is 1. The summed E-state index contributed by atoms with van der Waals surface area (Å²) in [5.41, 5.74) is 5.89. The van der Waals surface area contributed by atoms with Crippen LogP contribution in [0.1, 0.15) is 45.4 Å². The number of hydrogen-bond acceptors (Lipinski definition) is 2. The molecule has 1 aliphatic heterocycles. The molecule has 0 aromatic carbocycles. The maximum absolute atomic E-state index is 12.1. The van der Waals surface area contributed by atoms with Crippen LogP contribution in [0, 0.1) is 11.8 Å². The zero-order valence-corrected chi connectivity index (χ0v) is 11.5. The molecule has 1 saturated heterocycles. The maximum atomic E-state index is 12.1. The fourth-order valence-corrected chi connectivity index (χ4v) is 3.03. The minimum atomic E-state index is 0. The van der Waals surface area contributed by atoms with Crippen molar-refractivity contribution in [1.29, 1.82) is 0 Å². The second kappa shape index (κ2) is 6.60. The van der Waals surface area contributed by atoms with Crippen molar-refractivity contribution in [2.75, 3.05) is 13.1 Å². The number of nitrogens with two attached hydrogens (primary N) is 1. The quantitative estimate of drug-likeness (QED) is 0.846. The van der Waals surface area contributed by atoms with Gasteiger partial charge in [-0.15, -0.1) is 12.4 Å². The van der Waals surface area contributed by atoms with Crippen LogP contribution in [0.4, 0.5) is 0 Å². The topological polar surface area (TPSA) is 46.3 Å². The lowest BCUT2D eigenvalue weighted by Crippen LogP contribution is -2.33. The molecular weight excluding hydrogens is 236 g/mol. The summed E-state index contributed by atoms with van der Waals surface area (Å²) < 4.78 is 0. The minimum Gasteiger partial charge on any atom is -0.342 e. The van der Waals surface area contributed by atoms with Gasteiger partial charge in [-0.3, -0.25) is 4.79 Å². The first-order valence-electron chi connectivity index (χ1n) is 6.70. The fraction of sp³-hybridized carbons (Fsp3) is 0.923. The van der Waals surface area contributed by atoms with Crippen LogP contribution in [0.25, 0.3) is 0 Å². The second-order valence-corrected chi connectivity index (χ2v) is 5.60. The molecule has 3 nitrogen and oxygen atoms in total. The van der Waals surface area contributed by atoms with E-state index < -0.39 is 0 Å². The fourth-order valence-electron chi connectivity index (χ4n) is 3.03. The van der Waals surface area contributed by atoms with Crippen LogP contribution in [0.3, 0.4) is 0 Å². The summed E-state index contributed by atoms with van der Waals surface area (Å²) in [6.07, 6.45) is 7.03. The lowest BCUT2D eigenvalue weighted by atomic mass is 10.0. The van der Waals surface area contributed by atoms with Crippen molar-refractivity contribution in [3.8, 4) is 0 Å². The Balaban J connectivity index is 0.00000144. The molecule has 2 atom stereocenters. The van der Waals surface area contributed by atoms with Crippen molar-refractivity contribution in [3.05, 3.63) is 0 Å². The molecule has 4 heteroatoms. The Hall–Kier alpha value is -0.280. The summed E-state index contributed by atoms with van der Waals surface area (Å²) in [5.74, 6) is 1.56. The molecule has 100 valence electrons. The molecule has 2 unspecified atom stereocenters. The van der Waals surface area contributed by atoms with E-state index in [-0.39, 0.29) is 18.4 Å². The van der Waals surface area contributed by atoms with Crippen LogP contribution in [0.2, 0.25) is 0 Å². The molecule has 0 bridgehead atoms. The van der Waals surface area contributed by atoms with Crippen molar-refractivity contribution in [2.24, 2.45) is 17.6 Å². The van der Waals surface area contributed by atoms with E-state index in [1.54, 1.807) is 0 Å². The van der Waals surface area contributed by atoms with Gasteiger partial charge in [-0.05, 0) is 38.0 Å². The van der Waals surface area contributed by atoms with E-state index in [9.17, 15) is 4.79 Å². The predicted molar refractivity (Wildman–Crippen MR) is 72.2 cm³/mol. The van der Waals surface area contributed by atoms with E-state index in [1.165, 1.54) is 25.7 Å². The van der Waals surface area contributed by atoms with Gasteiger partial charge in [-0.25, -0.2) is 0 Å². The molecule has 0 aromatic heterocycles. The third-order valence-electron chi connectivity index (χ3n) is 4.26. The van der Waals surface area contributed by atoms with E-state index in [0.717, 1.165) is 25.9 Å². The van der Waals surface area contributed by atoms with Crippen LogP contribution in [0.5, 0.6) is 0 Å². The van der Waals surface area contributed by atoms with Crippen LogP contribution < -0.4 is 5.73 Å². The number of carbonyl (C=O) groups excluding carboxylic acids is 1. The van der Waals surface area contributed by atoms with E-state index in [4.69, 9.17) is 5.73 Å². The van der Waals surface area contributed by atoms with E-state index in [0.29, 0.717) is 17.7 Å². The lowest BCUT2D eigenvalue weighted by Gasteiger charge is -2.19. The third-order valence-corrected chi connectivity index (χ3v) is 4.26. The largest absolute Gasteiger partial charge is 0.342 e. The first-order chi connectivity index (χ1) is 7.66. The van der Waals surface area contributed by atoms with Gasteiger partial charge in [0.25, 0.3) is 0 Å². The maximum Gasteiger partial charge on any atom is 0.222 e. The molecule has 0 aromatic rings. The Labute approximate surface area is 111 Å². The second-order valence-electron chi connectivity index (χ2n) is 5.60. The number of carbonyl (C=O) groups is 1. The van der Waals surface area contributed by atoms with Crippen molar-refractivity contribution >= 4 is 18.3 Å². The van der Waals surface area contributed by atoms with Gasteiger partial charge in [-0.1, -0.05) is 12.8 Å². The average Bonchev–Trinajstić information content (AvgIpc) is 2.86. The molecular formula is C13H25ClN2O. The van der Waals surface area contributed by atoms with Gasteiger partial charge in [0.2, 0.25) is 5.91 Å². The number of halogens is 1. The molecule has 1 aliphatic carbocycles. The van der Waals surface area contributed by atoms with Gasteiger partial charge in [0.15, 0.2) is 0 Å². The Morgan fingerprint density at radius 3 is 2.53 bits per heavy atom. The monoisotopic (exact) mass is 260 g/mol. The Morgan fingerprint density at radius 1 is 1.35 bits per heavy atom. The summed E-state index contributed by atoms with van der Waals surface area (Å²) in [5, 5.41) is 0. The molecule has 2 N–H and O–H groups in total. The predicted octanol–water partition coefficient (Wildman–Crippen LogP) is 2.18.